The lowest BCUT2D eigenvalue weighted by Crippen LogP contribution is -2.11. The second-order valence-corrected chi connectivity index (χ2v) is 4.84. The van der Waals surface area contributed by atoms with Gasteiger partial charge in [0.15, 0.2) is 0 Å². The molecule has 1 N–H and O–H groups in total. The minimum absolute atomic E-state index is 0.718. The van der Waals surface area contributed by atoms with E-state index in [9.17, 15) is 0 Å². The molecule has 1 aliphatic heterocycles. The van der Waals surface area contributed by atoms with Gasteiger partial charge in [0.05, 0.1) is 11.6 Å². The molecule has 0 radical (unpaired) electrons. The molecule has 1 aliphatic rings. The first kappa shape index (κ1) is 10.7. The predicted octanol–water partition coefficient (Wildman–Crippen LogP) is 2.47. The molecule has 1 atom stereocenters. The maximum Gasteiger partial charge on any atom is 0.0991 e. The summed E-state index contributed by atoms with van der Waals surface area (Å²) in [6.07, 6.45) is 2.30. The Morgan fingerprint density at radius 2 is 2.40 bits per heavy atom. The number of hydrogen-bond acceptors (Lipinski definition) is 2. The van der Waals surface area contributed by atoms with Gasteiger partial charge in [-0.15, -0.1) is 0 Å². The fraction of sp³-hybridized carbons (Fsp3) is 0.417. The van der Waals surface area contributed by atoms with Crippen molar-refractivity contribution in [3.8, 4) is 6.07 Å². The van der Waals surface area contributed by atoms with Crippen LogP contribution in [-0.2, 0) is 6.42 Å². The van der Waals surface area contributed by atoms with Crippen molar-refractivity contribution in [3.05, 3.63) is 33.8 Å². The third-order valence-electron chi connectivity index (χ3n) is 2.85. The molecule has 0 spiro atoms. The van der Waals surface area contributed by atoms with E-state index >= 15 is 0 Å². The smallest absolute Gasteiger partial charge is 0.0991 e. The topological polar surface area (TPSA) is 35.8 Å². The molecule has 0 aliphatic carbocycles. The van der Waals surface area contributed by atoms with Crippen molar-refractivity contribution in [2.75, 3.05) is 13.1 Å². The summed E-state index contributed by atoms with van der Waals surface area (Å²) < 4.78 is 1.12. The van der Waals surface area contributed by atoms with Crippen LogP contribution in [0.15, 0.2) is 22.7 Å². The molecular weight excluding hydrogens is 252 g/mol. The third kappa shape index (κ3) is 2.58. The molecule has 1 aromatic rings. The van der Waals surface area contributed by atoms with Crippen LogP contribution in [0.25, 0.3) is 0 Å². The van der Waals surface area contributed by atoms with Gasteiger partial charge in [-0.05, 0) is 55.6 Å². The van der Waals surface area contributed by atoms with Crippen LogP contribution in [0.1, 0.15) is 17.5 Å². The average molecular weight is 265 g/mol. The summed E-state index contributed by atoms with van der Waals surface area (Å²) in [6, 6.07) is 7.99. The van der Waals surface area contributed by atoms with Crippen molar-refractivity contribution in [1.29, 1.82) is 5.26 Å². The lowest BCUT2D eigenvalue weighted by atomic mass is 9.97. The zero-order valence-electron chi connectivity index (χ0n) is 8.46. The first-order valence-electron chi connectivity index (χ1n) is 5.19. The summed E-state index contributed by atoms with van der Waals surface area (Å²) in [5.74, 6) is 0.718. The second kappa shape index (κ2) is 4.78. The van der Waals surface area contributed by atoms with Crippen molar-refractivity contribution >= 4 is 15.9 Å². The van der Waals surface area contributed by atoms with E-state index in [4.69, 9.17) is 5.26 Å². The van der Waals surface area contributed by atoms with Crippen LogP contribution in [0.3, 0.4) is 0 Å². The molecule has 3 heteroatoms. The Morgan fingerprint density at radius 1 is 1.53 bits per heavy atom. The van der Waals surface area contributed by atoms with Gasteiger partial charge >= 0.3 is 0 Å². The molecule has 1 aromatic carbocycles. The highest BCUT2D eigenvalue weighted by Crippen LogP contribution is 2.23. The van der Waals surface area contributed by atoms with Crippen LogP contribution in [0.5, 0.6) is 0 Å². The molecule has 78 valence electrons. The largest absolute Gasteiger partial charge is 0.316 e. The van der Waals surface area contributed by atoms with E-state index in [1.165, 1.54) is 12.0 Å². The van der Waals surface area contributed by atoms with Gasteiger partial charge in [-0.2, -0.15) is 5.26 Å². The van der Waals surface area contributed by atoms with Gasteiger partial charge in [0, 0.05) is 4.47 Å². The van der Waals surface area contributed by atoms with Gasteiger partial charge in [0.1, 0.15) is 0 Å². The molecule has 0 bridgehead atoms. The third-order valence-corrected chi connectivity index (χ3v) is 3.62. The van der Waals surface area contributed by atoms with Gasteiger partial charge in [0.2, 0.25) is 0 Å². The zero-order chi connectivity index (χ0) is 10.7. The van der Waals surface area contributed by atoms with Crippen molar-refractivity contribution in [2.45, 2.75) is 12.8 Å². The summed E-state index contributed by atoms with van der Waals surface area (Å²) in [7, 11) is 0. The summed E-state index contributed by atoms with van der Waals surface area (Å²) in [5.41, 5.74) is 2.00. The number of hydrogen-bond donors (Lipinski definition) is 1. The molecule has 0 aromatic heterocycles. The normalized spacial score (nSPS) is 20.1. The molecule has 15 heavy (non-hydrogen) atoms. The summed E-state index contributed by atoms with van der Waals surface area (Å²) in [6.45, 7) is 2.23. The summed E-state index contributed by atoms with van der Waals surface area (Å²) >= 11 is 3.54. The van der Waals surface area contributed by atoms with Crippen LogP contribution in [0.4, 0.5) is 0 Å². The van der Waals surface area contributed by atoms with E-state index in [2.05, 4.69) is 27.3 Å². The predicted molar refractivity (Wildman–Crippen MR) is 63.5 cm³/mol. The SMILES string of the molecule is N#Cc1ccc(Br)c(CC2CCNC2)c1. The van der Waals surface area contributed by atoms with E-state index in [-0.39, 0.29) is 0 Å². The van der Waals surface area contributed by atoms with Crippen LogP contribution >= 0.6 is 15.9 Å². The molecule has 2 rings (SSSR count). The van der Waals surface area contributed by atoms with Gasteiger partial charge < -0.3 is 5.32 Å². The highest BCUT2D eigenvalue weighted by atomic mass is 79.9. The van der Waals surface area contributed by atoms with E-state index in [0.717, 1.165) is 35.5 Å². The molecule has 1 heterocycles. The van der Waals surface area contributed by atoms with Crippen molar-refractivity contribution in [1.82, 2.24) is 5.32 Å². The standard InChI is InChI=1S/C12H13BrN2/c13-12-2-1-9(7-14)5-11(12)6-10-3-4-15-8-10/h1-2,5,10,15H,3-4,6,8H2. The molecule has 0 saturated carbocycles. The Bertz CT molecular complexity index is 389. The number of nitrogens with zero attached hydrogens (tertiary/aromatic N) is 1. The first-order valence-corrected chi connectivity index (χ1v) is 5.98. The quantitative estimate of drug-likeness (QED) is 0.891. The lowest BCUT2D eigenvalue weighted by molar-refractivity contribution is 0.579. The summed E-state index contributed by atoms with van der Waals surface area (Å²) in [4.78, 5) is 0. The van der Waals surface area contributed by atoms with Crippen molar-refractivity contribution in [3.63, 3.8) is 0 Å². The molecule has 2 nitrogen and oxygen atoms in total. The molecule has 0 amide bonds. The zero-order valence-corrected chi connectivity index (χ0v) is 10.0. The molecule has 1 unspecified atom stereocenters. The Kier molecular flexibility index (Phi) is 3.40. The number of benzene rings is 1. The number of rotatable bonds is 2. The van der Waals surface area contributed by atoms with E-state index in [1.54, 1.807) is 0 Å². The first-order chi connectivity index (χ1) is 7.29. The van der Waals surface area contributed by atoms with E-state index in [0.29, 0.717) is 0 Å². The van der Waals surface area contributed by atoms with Crippen LogP contribution < -0.4 is 5.32 Å². The molecule has 1 fully saturated rings. The van der Waals surface area contributed by atoms with E-state index in [1.807, 2.05) is 18.2 Å². The second-order valence-electron chi connectivity index (χ2n) is 3.98. The van der Waals surface area contributed by atoms with Crippen LogP contribution in [0.2, 0.25) is 0 Å². The molecular formula is C12H13BrN2. The fourth-order valence-corrected chi connectivity index (χ4v) is 2.41. The lowest BCUT2D eigenvalue weighted by Gasteiger charge is -2.10. The minimum atomic E-state index is 0.718. The van der Waals surface area contributed by atoms with Gasteiger partial charge in [-0.3, -0.25) is 0 Å². The van der Waals surface area contributed by atoms with E-state index < -0.39 is 0 Å². The van der Waals surface area contributed by atoms with Crippen molar-refractivity contribution in [2.24, 2.45) is 5.92 Å². The monoisotopic (exact) mass is 264 g/mol. The van der Waals surface area contributed by atoms with Crippen LogP contribution in [-0.4, -0.2) is 13.1 Å². The number of halogens is 1. The van der Waals surface area contributed by atoms with Gasteiger partial charge in [0.25, 0.3) is 0 Å². The number of nitrogens with one attached hydrogen (secondary N) is 1. The maximum atomic E-state index is 8.84. The minimum Gasteiger partial charge on any atom is -0.316 e. The van der Waals surface area contributed by atoms with Gasteiger partial charge in [-0.25, -0.2) is 0 Å². The Balaban J connectivity index is 2.15. The summed E-state index contributed by atoms with van der Waals surface area (Å²) in [5, 5.41) is 12.2. The maximum absolute atomic E-state index is 8.84. The fourth-order valence-electron chi connectivity index (χ4n) is 2.00. The van der Waals surface area contributed by atoms with Gasteiger partial charge in [-0.1, -0.05) is 15.9 Å². The Morgan fingerprint density at radius 3 is 3.07 bits per heavy atom. The Hall–Kier alpha value is -0.850. The van der Waals surface area contributed by atoms with Crippen LogP contribution in [0, 0.1) is 17.2 Å². The average Bonchev–Trinajstić information content (AvgIpc) is 2.74. The number of nitriles is 1. The Labute approximate surface area is 98.4 Å². The highest BCUT2D eigenvalue weighted by Gasteiger charge is 2.16. The molecule has 1 saturated heterocycles. The van der Waals surface area contributed by atoms with Crippen molar-refractivity contribution < 1.29 is 0 Å². The highest BCUT2D eigenvalue weighted by molar-refractivity contribution is 9.10.